The molecule has 4 rings (SSSR count). The van der Waals surface area contributed by atoms with Gasteiger partial charge in [0.2, 0.25) is 0 Å². The second-order valence-electron chi connectivity index (χ2n) is 7.42. The van der Waals surface area contributed by atoms with Crippen molar-refractivity contribution in [1.29, 1.82) is 0 Å². The third-order valence-corrected chi connectivity index (χ3v) is 5.15. The lowest BCUT2D eigenvalue weighted by molar-refractivity contribution is 0.265. The smallest absolute Gasteiger partial charge is 0.120 e. The van der Waals surface area contributed by atoms with Gasteiger partial charge < -0.3 is 5.11 Å². The summed E-state index contributed by atoms with van der Waals surface area (Å²) in [6.45, 7) is 2.79. The molecule has 0 unspecified atom stereocenters. The van der Waals surface area contributed by atoms with Gasteiger partial charge in [-0.3, -0.25) is 4.90 Å². The van der Waals surface area contributed by atoms with Crippen LogP contribution in [0, 0.1) is 6.92 Å². The average molecular weight is 383 g/mol. The van der Waals surface area contributed by atoms with Crippen LogP contribution in [0.3, 0.4) is 0 Å². The van der Waals surface area contributed by atoms with Crippen LogP contribution in [0.15, 0.2) is 91.3 Å². The van der Waals surface area contributed by atoms with Gasteiger partial charge in [0, 0.05) is 23.9 Å². The number of nitrogens with zero attached hydrogens (tertiary/aromatic N) is 3. The zero-order valence-electron chi connectivity index (χ0n) is 16.7. The summed E-state index contributed by atoms with van der Waals surface area (Å²) < 4.78 is 1.89. The first-order valence-corrected chi connectivity index (χ1v) is 9.75. The van der Waals surface area contributed by atoms with Gasteiger partial charge in [-0.1, -0.05) is 66.2 Å². The summed E-state index contributed by atoms with van der Waals surface area (Å²) in [5.74, 6) is 0.310. The van der Waals surface area contributed by atoms with Crippen molar-refractivity contribution in [2.24, 2.45) is 0 Å². The van der Waals surface area contributed by atoms with Crippen molar-refractivity contribution in [3.63, 3.8) is 0 Å². The summed E-state index contributed by atoms with van der Waals surface area (Å²) in [4.78, 5) is 2.24. The first-order chi connectivity index (χ1) is 14.1. The van der Waals surface area contributed by atoms with Gasteiger partial charge in [-0.2, -0.15) is 5.10 Å². The van der Waals surface area contributed by atoms with Crippen LogP contribution < -0.4 is 0 Å². The molecule has 0 aliphatic carbocycles. The lowest BCUT2D eigenvalue weighted by Gasteiger charge is -2.29. The third-order valence-electron chi connectivity index (χ3n) is 5.15. The third kappa shape index (κ3) is 4.23. The Morgan fingerprint density at radius 1 is 0.931 bits per heavy atom. The fraction of sp³-hybridized carbons (Fsp3) is 0.160. The normalized spacial score (nSPS) is 12.2. The summed E-state index contributed by atoms with van der Waals surface area (Å²) in [6.07, 6.45) is 3.96. The second kappa shape index (κ2) is 8.33. The van der Waals surface area contributed by atoms with E-state index in [0.717, 1.165) is 22.4 Å². The van der Waals surface area contributed by atoms with Gasteiger partial charge in [0.25, 0.3) is 0 Å². The summed E-state index contributed by atoms with van der Waals surface area (Å²) in [5.41, 5.74) is 5.42. The largest absolute Gasteiger partial charge is 0.508 e. The van der Waals surface area contributed by atoms with Crippen molar-refractivity contribution in [3.8, 4) is 11.4 Å². The highest BCUT2D eigenvalue weighted by Gasteiger charge is 2.22. The SMILES string of the molecule is Cc1ccc([C@@H](c2ccccc2O)N(C)Cc2cnn(-c3ccccc3)c2)cc1. The Kier molecular flexibility index (Phi) is 5.45. The highest BCUT2D eigenvalue weighted by Crippen LogP contribution is 2.34. The lowest BCUT2D eigenvalue weighted by Crippen LogP contribution is -2.25. The molecule has 0 fully saturated rings. The predicted octanol–water partition coefficient (Wildman–Crippen LogP) is 5.11. The number of aromatic hydroxyl groups is 1. The van der Waals surface area contributed by atoms with Crippen molar-refractivity contribution in [1.82, 2.24) is 14.7 Å². The van der Waals surface area contributed by atoms with Crippen LogP contribution in [0.1, 0.15) is 28.3 Å². The lowest BCUT2D eigenvalue weighted by atomic mass is 9.95. The first-order valence-electron chi connectivity index (χ1n) is 9.75. The molecule has 1 aromatic heterocycles. The standard InChI is InChI=1S/C25H25N3O/c1-19-12-14-21(15-13-19)25(23-10-6-7-11-24(23)29)27(2)17-20-16-26-28(18-20)22-8-4-3-5-9-22/h3-16,18,25,29H,17H2,1-2H3/t25-/m0/s1. The van der Waals surface area contributed by atoms with Crippen molar-refractivity contribution in [3.05, 3.63) is 114 Å². The number of para-hydroxylation sites is 2. The van der Waals surface area contributed by atoms with Crippen LogP contribution in [-0.4, -0.2) is 26.8 Å². The van der Waals surface area contributed by atoms with E-state index in [4.69, 9.17) is 0 Å². The molecule has 0 amide bonds. The van der Waals surface area contributed by atoms with E-state index in [0.29, 0.717) is 12.3 Å². The van der Waals surface area contributed by atoms with Crippen LogP contribution in [0.2, 0.25) is 0 Å². The molecule has 1 N–H and O–H groups in total. The maximum atomic E-state index is 10.5. The molecule has 0 spiro atoms. The maximum Gasteiger partial charge on any atom is 0.120 e. The van der Waals surface area contributed by atoms with Crippen LogP contribution in [-0.2, 0) is 6.54 Å². The molecule has 4 nitrogen and oxygen atoms in total. The molecule has 0 radical (unpaired) electrons. The zero-order chi connectivity index (χ0) is 20.2. The summed E-state index contributed by atoms with van der Waals surface area (Å²) in [7, 11) is 2.08. The number of aryl methyl sites for hydroxylation is 1. The predicted molar refractivity (Wildman–Crippen MR) is 116 cm³/mol. The van der Waals surface area contributed by atoms with Gasteiger partial charge in [0.15, 0.2) is 0 Å². The summed E-state index contributed by atoms with van der Waals surface area (Å²) in [6, 6.07) is 26.1. The monoisotopic (exact) mass is 383 g/mol. The Hall–Kier alpha value is -3.37. The van der Waals surface area contributed by atoms with Crippen molar-refractivity contribution in [2.75, 3.05) is 7.05 Å². The van der Waals surface area contributed by atoms with E-state index in [1.165, 1.54) is 5.56 Å². The minimum Gasteiger partial charge on any atom is -0.508 e. The Labute approximate surface area is 171 Å². The quantitative estimate of drug-likeness (QED) is 0.503. The average Bonchev–Trinajstić information content (AvgIpc) is 3.20. The van der Waals surface area contributed by atoms with E-state index < -0.39 is 0 Å². The van der Waals surface area contributed by atoms with Gasteiger partial charge in [0.1, 0.15) is 5.75 Å². The van der Waals surface area contributed by atoms with Crippen LogP contribution in [0.4, 0.5) is 0 Å². The minimum absolute atomic E-state index is 0.0584. The van der Waals surface area contributed by atoms with E-state index in [2.05, 4.69) is 54.4 Å². The van der Waals surface area contributed by atoms with E-state index in [-0.39, 0.29) is 6.04 Å². The maximum absolute atomic E-state index is 10.5. The number of rotatable bonds is 6. The molecule has 3 aromatic carbocycles. The van der Waals surface area contributed by atoms with Gasteiger partial charge in [0.05, 0.1) is 17.9 Å². The fourth-order valence-corrected chi connectivity index (χ4v) is 3.68. The van der Waals surface area contributed by atoms with Gasteiger partial charge in [-0.15, -0.1) is 0 Å². The van der Waals surface area contributed by atoms with Gasteiger partial charge >= 0.3 is 0 Å². The van der Waals surface area contributed by atoms with Crippen LogP contribution in [0.25, 0.3) is 5.69 Å². The van der Waals surface area contributed by atoms with E-state index in [1.807, 2.05) is 59.4 Å². The van der Waals surface area contributed by atoms with Crippen LogP contribution in [0.5, 0.6) is 5.75 Å². The molecule has 1 atom stereocenters. The number of aromatic nitrogens is 2. The summed E-state index contributed by atoms with van der Waals surface area (Å²) >= 11 is 0. The van der Waals surface area contributed by atoms with Gasteiger partial charge in [-0.25, -0.2) is 4.68 Å². The Morgan fingerprint density at radius 2 is 1.62 bits per heavy atom. The van der Waals surface area contributed by atoms with E-state index in [1.54, 1.807) is 6.07 Å². The Balaban J connectivity index is 1.64. The molecule has 146 valence electrons. The summed E-state index contributed by atoms with van der Waals surface area (Å²) in [5, 5.41) is 15.0. The molecule has 4 aromatic rings. The highest BCUT2D eigenvalue weighted by atomic mass is 16.3. The molecule has 0 aliphatic rings. The molecule has 0 saturated heterocycles. The fourth-order valence-electron chi connectivity index (χ4n) is 3.68. The van der Waals surface area contributed by atoms with Crippen molar-refractivity contribution >= 4 is 0 Å². The molecular formula is C25H25N3O. The number of phenolic OH excluding ortho intramolecular Hbond substituents is 1. The number of hydrogen-bond acceptors (Lipinski definition) is 3. The number of benzene rings is 3. The Morgan fingerprint density at radius 3 is 2.34 bits per heavy atom. The molecule has 4 heteroatoms. The Bertz CT molecular complexity index is 1070. The molecule has 0 aliphatic heterocycles. The zero-order valence-corrected chi connectivity index (χ0v) is 16.7. The van der Waals surface area contributed by atoms with Crippen LogP contribution >= 0.6 is 0 Å². The highest BCUT2D eigenvalue weighted by molar-refractivity contribution is 5.41. The topological polar surface area (TPSA) is 41.3 Å². The molecule has 0 bridgehead atoms. The minimum atomic E-state index is -0.0584. The van der Waals surface area contributed by atoms with E-state index in [9.17, 15) is 5.11 Å². The number of hydrogen-bond donors (Lipinski definition) is 1. The number of phenols is 1. The van der Waals surface area contributed by atoms with Crippen molar-refractivity contribution < 1.29 is 5.11 Å². The van der Waals surface area contributed by atoms with E-state index >= 15 is 0 Å². The molecule has 0 saturated carbocycles. The molecule has 29 heavy (non-hydrogen) atoms. The molecule has 1 heterocycles. The second-order valence-corrected chi connectivity index (χ2v) is 7.42. The van der Waals surface area contributed by atoms with Gasteiger partial charge in [-0.05, 0) is 37.7 Å². The van der Waals surface area contributed by atoms with Crippen molar-refractivity contribution in [2.45, 2.75) is 19.5 Å². The first kappa shape index (κ1) is 19.0. The molecular weight excluding hydrogens is 358 g/mol.